The molecule has 0 saturated carbocycles. The van der Waals surface area contributed by atoms with Crippen molar-refractivity contribution in [3.05, 3.63) is 53.5 Å². The average Bonchev–Trinajstić information content (AvgIpc) is 3.24. The van der Waals surface area contributed by atoms with Gasteiger partial charge in [0.1, 0.15) is 17.6 Å². The molecule has 2 aliphatic heterocycles. The third-order valence-electron chi connectivity index (χ3n) is 7.72. The number of ether oxygens (including phenoxy) is 2. The fourth-order valence-electron chi connectivity index (χ4n) is 5.75. The second-order valence-electron chi connectivity index (χ2n) is 10.7. The Morgan fingerprint density at radius 2 is 1.85 bits per heavy atom. The summed E-state index contributed by atoms with van der Waals surface area (Å²) in [5.74, 6) is 2.08. The van der Waals surface area contributed by atoms with Gasteiger partial charge in [0.2, 0.25) is 10.0 Å². The highest BCUT2D eigenvalue weighted by Crippen LogP contribution is 2.43. The molecule has 3 aromatic heterocycles. The molecule has 1 spiro atoms. The van der Waals surface area contributed by atoms with Crippen molar-refractivity contribution in [1.29, 1.82) is 0 Å². The summed E-state index contributed by atoms with van der Waals surface area (Å²) in [4.78, 5) is 6.87. The van der Waals surface area contributed by atoms with Crippen LogP contribution >= 0.6 is 0 Å². The number of nitrogens with zero attached hydrogens (tertiary/aromatic N) is 6. The summed E-state index contributed by atoms with van der Waals surface area (Å²) in [5.41, 5.74) is 5.37. The zero-order valence-corrected chi connectivity index (χ0v) is 23.4. The Bertz CT molecular complexity index is 1640. The number of benzene rings is 1. The first-order valence-corrected chi connectivity index (χ1v) is 14.6. The average molecular weight is 550 g/mol. The maximum Gasteiger partial charge on any atom is 0.211 e. The number of sulfonamides is 1. The van der Waals surface area contributed by atoms with Crippen LogP contribution in [0.1, 0.15) is 29.8 Å². The highest BCUT2D eigenvalue weighted by molar-refractivity contribution is 7.88. The summed E-state index contributed by atoms with van der Waals surface area (Å²) in [5, 5.41) is 16.8. The van der Waals surface area contributed by atoms with Crippen LogP contribution in [0.25, 0.3) is 22.2 Å². The molecule has 1 aromatic carbocycles. The largest absolute Gasteiger partial charge is 0.493 e. The number of aryl methyl sites for hydroxylation is 2. The molecule has 0 aliphatic carbocycles. The second-order valence-corrected chi connectivity index (χ2v) is 12.7. The Morgan fingerprint density at radius 1 is 1.08 bits per heavy atom. The first-order chi connectivity index (χ1) is 18.6. The van der Waals surface area contributed by atoms with Gasteiger partial charge in [-0.15, -0.1) is 0 Å². The molecular formula is C27H31N7O4S. The summed E-state index contributed by atoms with van der Waals surface area (Å²) in [6.07, 6.45) is 4.57. The molecule has 0 bridgehead atoms. The van der Waals surface area contributed by atoms with Crippen molar-refractivity contribution in [2.24, 2.45) is 5.41 Å². The molecule has 1 N–H and O–H groups in total. The zero-order valence-electron chi connectivity index (χ0n) is 22.6. The van der Waals surface area contributed by atoms with Crippen LogP contribution in [-0.4, -0.2) is 77.6 Å². The van der Waals surface area contributed by atoms with Crippen LogP contribution in [0.3, 0.4) is 0 Å². The van der Waals surface area contributed by atoms with E-state index in [1.807, 2.05) is 51.2 Å². The number of nitrogens with one attached hydrogen (secondary N) is 1. The molecule has 1 atom stereocenters. The van der Waals surface area contributed by atoms with Gasteiger partial charge in [-0.3, -0.25) is 5.10 Å². The molecule has 2 aliphatic rings. The van der Waals surface area contributed by atoms with E-state index in [0.29, 0.717) is 24.6 Å². The van der Waals surface area contributed by atoms with Gasteiger partial charge in [-0.25, -0.2) is 17.7 Å². The number of H-pyrrole nitrogens is 1. The third-order valence-corrected chi connectivity index (χ3v) is 8.92. The number of hydrogen-bond acceptors (Lipinski definition) is 9. The van der Waals surface area contributed by atoms with E-state index in [2.05, 4.69) is 25.3 Å². The maximum absolute atomic E-state index is 11.7. The monoisotopic (exact) mass is 549 g/mol. The molecule has 2 saturated heterocycles. The molecule has 4 aromatic rings. The summed E-state index contributed by atoms with van der Waals surface area (Å²) in [7, 11) is -1.49. The molecular weight excluding hydrogens is 518 g/mol. The molecule has 39 heavy (non-hydrogen) atoms. The van der Waals surface area contributed by atoms with E-state index < -0.39 is 10.0 Å². The van der Waals surface area contributed by atoms with Crippen LogP contribution in [0.2, 0.25) is 0 Å². The number of aromatic nitrogens is 5. The highest BCUT2D eigenvalue weighted by atomic mass is 32.2. The number of anilines is 1. The Labute approximate surface area is 227 Å². The lowest BCUT2D eigenvalue weighted by Gasteiger charge is -2.59. The quantitative estimate of drug-likeness (QED) is 0.370. The first-order valence-electron chi connectivity index (χ1n) is 12.7. The molecule has 5 heterocycles. The summed E-state index contributed by atoms with van der Waals surface area (Å²) < 4.78 is 37.0. The number of aromatic amines is 1. The minimum atomic E-state index is -3.11. The summed E-state index contributed by atoms with van der Waals surface area (Å²) in [6, 6.07) is 7.83. The number of pyridine rings is 1. The number of fused-ring (bicyclic) bond motifs is 1. The molecule has 204 valence electrons. The molecule has 1 unspecified atom stereocenters. The van der Waals surface area contributed by atoms with Crippen molar-refractivity contribution in [3.63, 3.8) is 0 Å². The smallest absolute Gasteiger partial charge is 0.211 e. The van der Waals surface area contributed by atoms with E-state index in [0.717, 1.165) is 57.9 Å². The normalized spacial score (nSPS) is 17.6. The van der Waals surface area contributed by atoms with E-state index >= 15 is 0 Å². The van der Waals surface area contributed by atoms with E-state index in [9.17, 15) is 8.42 Å². The predicted molar refractivity (Wildman–Crippen MR) is 147 cm³/mol. The zero-order chi connectivity index (χ0) is 27.5. The van der Waals surface area contributed by atoms with Crippen LogP contribution < -0.4 is 14.4 Å². The number of methoxy groups -OCH3 is 1. The number of hydrogen-bond donors (Lipinski definition) is 1. The number of rotatable bonds is 7. The van der Waals surface area contributed by atoms with E-state index in [1.165, 1.54) is 10.6 Å². The van der Waals surface area contributed by atoms with Gasteiger partial charge in [0.25, 0.3) is 0 Å². The van der Waals surface area contributed by atoms with E-state index in [4.69, 9.17) is 14.5 Å². The van der Waals surface area contributed by atoms with Gasteiger partial charge in [0.05, 0.1) is 30.8 Å². The fraction of sp³-hybridized carbons (Fsp3) is 0.407. The summed E-state index contributed by atoms with van der Waals surface area (Å²) in [6.45, 7) is 8.70. The van der Waals surface area contributed by atoms with Gasteiger partial charge in [0.15, 0.2) is 11.5 Å². The van der Waals surface area contributed by atoms with Crippen molar-refractivity contribution >= 4 is 26.7 Å². The lowest BCUT2D eigenvalue weighted by atomic mass is 9.74. The van der Waals surface area contributed by atoms with Crippen LogP contribution in [0, 0.1) is 19.3 Å². The SMILES string of the molecule is COc1cc2[nH]nc(-c3ccc(N4CC5(C4)CN(S(C)(=O)=O)C5)nc3)c2cc1OC(C)c1c(C)cnnc1C. The van der Waals surface area contributed by atoms with Crippen molar-refractivity contribution in [3.8, 4) is 22.8 Å². The van der Waals surface area contributed by atoms with Crippen LogP contribution in [0.5, 0.6) is 11.5 Å². The molecule has 0 amide bonds. The minimum Gasteiger partial charge on any atom is -0.493 e. The minimum absolute atomic E-state index is 0.0534. The second kappa shape index (κ2) is 9.16. The van der Waals surface area contributed by atoms with Crippen LogP contribution in [-0.2, 0) is 10.0 Å². The fourth-order valence-corrected chi connectivity index (χ4v) is 6.76. The molecule has 6 rings (SSSR count). The van der Waals surface area contributed by atoms with Gasteiger partial charge >= 0.3 is 0 Å². The molecule has 2 fully saturated rings. The Hall–Kier alpha value is -3.77. The standard InChI is InChI=1S/C27H31N7O4S/c1-16-10-29-30-17(2)25(16)18(3)38-23-8-20-21(9-22(23)37-4)31-32-26(20)19-6-7-24(28-11-19)33-12-27(13-33)14-34(15-27)39(5,35)36/h6-11,18H,12-15H2,1-5H3,(H,31,32). The Balaban J connectivity index is 1.22. The Morgan fingerprint density at radius 3 is 2.49 bits per heavy atom. The van der Waals surface area contributed by atoms with Gasteiger partial charge in [-0.05, 0) is 44.5 Å². The van der Waals surface area contributed by atoms with E-state index in [1.54, 1.807) is 13.3 Å². The predicted octanol–water partition coefficient (Wildman–Crippen LogP) is 3.26. The first kappa shape index (κ1) is 25.5. The third kappa shape index (κ3) is 4.47. The lowest BCUT2D eigenvalue weighted by Crippen LogP contribution is -2.73. The Kier molecular flexibility index (Phi) is 5.99. The van der Waals surface area contributed by atoms with Crippen molar-refractivity contribution in [2.75, 3.05) is 44.4 Å². The van der Waals surface area contributed by atoms with Gasteiger partial charge in [0, 0.05) is 60.4 Å². The van der Waals surface area contributed by atoms with Gasteiger partial charge in [-0.2, -0.15) is 15.3 Å². The van der Waals surface area contributed by atoms with Crippen molar-refractivity contribution < 1.29 is 17.9 Å². The maximum atomic E-state index is 11.7. The van der Waals surface area contributed by atoms with Crippen molar-refractivity contribution in [2.45, 2.75) is 26.9 Å². The molecule has 0 radical (unpaired) electrons. The molecule has 12 heteroatoms. The van der Waals surface area contributed by atoms with Gasteiger partial charge in [-0.1, -0.05) is 0 Å². The highest BCUT2D eigenvalue weighted by Gasteiger charge is 2.54. The summed E-state index contributed by atoms with van der Waals surface area (Å²) >= 11 is 0. The van der Waals surface area contributed by atoms with Crippen LogP contribution in [0.4, 0.5) is 5.82 Å². The lowest BCUT2D eigenvalue weighted by molar-refractivity contribution is 0.0395. The van der Waals surface area contributed by atoms with Crippen LogP contribution in [0.15, 0.2) is 36.7 Å². The topological polar surface area (TPSA) is 126 Å². The van der Waals surface area contributed by atoms with E-state index in [-0.39, 0.29) is 11.5 Å². The van der Waals surface area contributed by atoms with Gasteiger partial charge < -0.3 is 14.4 Å². The van der Waals surface area contributed by atoms with Crippen molar-refractivity contribution in [1.82, 2.24) is 29.7 Å². The molecule has 11 nitrogen and oxygen atoms in total.